The SMILES string of the molecule is C=Nc1cc(C)c2c(Nc3cccnc3OC(CC)CCC(C)CC)ncnc2c1. The van der Waals surface area contributed by atoms with Gasteiger partial charge in [0.25, 0.3) is 0 Å². The van der Waals surface area contributed by atoms with Crippen molar-refractivity contribution in [2.75, 3.05) is 5.32 Å². The third-order valence-electron chi connectivity index (χ3n) is 5.54. The maximum Gasteiger partial charge on any atom is 0.238 e. The fourth-order valence-corrected chi connectivity index (χ4v) is 3.45. The fraction of sp³-hybridized carbons (Fsp3) is 0.417. The van der Waals surface area contributed by atoms with Gasteiger partial charge in [0.15, 0.2) is 0 Å². The zero-order valence-electron chi connectivity index (χ0n) is 18.4. The lowest BCUT2D eigenvalue weighted by Gasteiger charge is -2.20. The molecular weight excluding hydrogens is 374 g/mol. The van der Waals surface area contributed by atoms with Crippen molar-refractivity contribution in [3.8, 4) is 5.88 Å². The maximum atomic E-state index is 6.30. The summed E-state index contributed by atoms with van der Waals surface area (Å²) in [6, 6.07) is 7.75. The number of aryl methyl sites for hydroxylation is 1. The Labute approximate surface area is 178 Å². The van der Waals surface area contributed by atoms with E-state index in [0.717, 1.165) is 52.9 Å². The molecule has 30 heavy (non-hydrogen) atoms. The maximum absolute atomic E-state index is 6.30. The van der Waals surface area contributed by atoms with E-state index in [9.17, 15) is 0 Å². The Balaban J connectivity index is 1.87. The van der Waals surface area contributed by atoms with Crippen LogP contribution in [0.5, 0.6) is 5.88 Å². The first-order valence-electron chi connectivity index (χ1n) is 10.7. The van der Waals surface area contributed by atoms with Gasteiger partial charge >= 0.3 is 0 Å². The summed E-state index contributed by atoms with van der Waals surface area (Å²) in [7, 11) is 0. The van der Waals surface area contributed by atoms with Gasteiger partial charge in [0.05, 0.1) is 11.2 Å². The van der Waals surface area contributed by atoms with Crippen LogP contribution >= 0.6 is 0 Å². The van der Waals surface area contributed by atoms with Gasteiger partial charge in [-0.3, -0.25) is 4.99 Å². The molecule has 1 N–H and O–H groups in total. The lowest BCUT2D eigenvalue weighted by molar-refractivity contribution is 0.170. The van der Waals surface area contributed by atoms with Gasteiger partial charge < -0.3 is 10.1 Å². The lowest BCUT2D eigenvalue weighted by Crippen LogP contribution is -2.18. The minimum atomic E-state index is 0.138. The van der Waals surface area contributed by atoms with Crippen LogP contribution in [0.15, 0.2) is 41.8 Å². The van der Waals surface area contributed by atoms with Crippen LogP contribution in [0.4, 0.5) is 17.2 Å². The number of nitrogens with one attached hydrogen (secondary N) is 1. The Morgan fingerprint density at radius 3 is 2.70 bits per heavy atom. The zero-order valence-corrected chi connectivity index (χ0v) is 18.4. The summed E-state index contributed by atoms with van der Waals surface area (Å²) >= 11 is 0. The second-order valence-electron chi connectivity index (χ2n) is 7.76. The molecule has 0 bridgehead atoms. The number of anilines is 2. The molecule has 3 aromatic rings. The molecule has 0 radical (unpaired) electrons. The summed E-state index contributed by atoms with van der Waals surface area (Å²) in [6.45, 7) is 12.3. The van der Waals surface area contributed by atoms with Crippen LogP contribution in [0, 0.1) is 12.8 Å². The van der Waals surface area contributed by atoms with Crippen LogP contribution in [0.2, 0.25) is 0 Å². The second kappa shape index (κ2) is 10.1. The Bertz CT molecular complexity index is 1000. The number of aromatic nitrogens is 3. The highest BCUT2D eigenvalue weighted by molar-refractivity contribution is 5.95. The zero-order chi connectivity index (χ0) is 21.5. The van der Waals surface area contributed by atoms with Crippen LogP contribution in [0.1, 0.15) is 52.0 Å². The first-order chi connectivity index (χ1) is 14.5. The Morgan fingerprint density at radius 1 is 1.13 bits per heavy atom. The quantitative estimate of drug-likeness (QED) is 0.396. The first-order valence-corrected chi connectivity index (χ1v) is 10.7. The van der Waals surface area contributed by atoms with Gasteiger partial charge in [-0.2, -0.15) is 0 Å². The number of nitrogens with zero attached hydrogens (tertiary/aromatic N) is 4. The molecule has 1 aromatic carbocycles. The molecule has 6 nitrogen and oxygen atoms in total. The van der Waals surface area contributed by atoms with E-state index in [-0.39, 0.29) is 6.10 Å². The standard InChI is InChI=1S/C24H31N5O/c1-6-16(3)10-11-19(7-2)30-24-20(9-8-12-26-24)29-23-22-17(4)13-18(25-5)14-21(22)27-15-28-23/h8-9,12-16,19H,5-7,10-11H2,1-4H3,(H,27,28,29). The predicted molar refractivity (Wildman–Crippen MR) is 124 cm³/mol. The smallest absolute Gasteiger partial charge is 0.238 e. The number of fused-ring (bicyclic) bond motifs is 1. The summed E-state index contributed by atoms with van der Waals surface area (Å²) in [5, 5.41) is 4.36. The number of pyridine rings is 1. The highest BCUT2D eigenvalue weighted by atomic mass is 16.5. The van der Waals surface area contributed by atoms with Crippen LogP contribution in [-0.2, 0) is 0 Å². The molecule has 6 heteroatoms. The van der Waals surface area contributed by atoms with Crippen molar-refractivity contribution in [1.29, 1.82) is 0 Å². The van der Waals surface area contributed by atoms with E-state index in [1.54, 1.807) is 12.5 Å². The minimum absolute atomic E-state index is 0.138. The van der Waals surface area contributed by atoms with Crippen LogP contribution in [-0.4, -0.2) is 27.8 Å². The van der Waals surface area contributed by atoms with Crippen molar-refractivity contribution < 1.29 is 4.74 Å². The number of aliphatic imine (C=N–C) groups is 1. The largest absolute Gasteiger partial charge is 0.473 e. The molecule has 2 atom stereocenters. The first kappa shape index (κ1) is 21.7. The minimum Gasteiger partial charge on any atom is -0.473 e. The van der Waals surface area contributed by atoms with Crippen LogP contribution < -0.4 is 10.1 Å². The van der Waals surface area contributed by atoms with E-state index in [1.165, 1.54) is 6.42 Å². The predicted octanol–water partition coefficient (Wildman–Crippen LogP) is 6.39. The Morgan fingerprint density at radius 2 is 1.97 bits per heavy atom. The van der Waals surface area contributed by atoms with Gasteiger partial charge in [-0.15, -0.1) is 0 Å². The van der Waals surface area contributed by atoms with Gasteiger partial charge in [-0.1, -0.05) is 27.2 Å². The number of benzene rings is 1. The molecule has 0 fully saturated rings. The van der Waals surface area contributed by atoms with E-state index < -0.39 is 0 Å². The highest BCUT2D eigenvalue weighted by Gasteiger charge is 2.16. The van der Waals surface area contributed by atoms with Crippen molar-refractivity contribution in [2.45, 2.75) is 59.5 Å². The molecule has 0 aliphatic rings. The van der Waals surface area contributed by atoms with Gasteiger partial charge in [-0.25, -0.2) is 15.0 Å². The molecule has 0 spiro atoms. The van der Waals surface area contributed by atoms with Crippen molar-refractivity contribution in [3.63, 3.8) is 0 Å². The molecule has 0 saturated carbocycles. The summed E-state index contributed by atoms with van der Waals surface area (Å²) in [5.74, 6) is 2.02. The number of rotatable bonds is 10. The van der Waals surface area contributed by atoms with Crippen molar-refractivity contribution >= 4 is 34.8 Å². The molecule has 0 aliphatic carbocycles. The molecule has 2 unspecified atom stereocenters. The van der Waals surface area contributed by atoms with E-state index >= 15 is 0 Å². The molecule has 0 aliphatic heterocycles. The number of hydrogen-bond acceptors (Lipinski definition) is 6. The topological polar surface area (TPSA) is 72.3 Å². The average Bonchev–Trinajstić information content (AvgIpc) is 2.77. The number of ether oxygens (including phenoxy) is 1. The van der Waals surface area contributed by atoms with Crippen LogP contribution in [0.25, 0.3) is 10.9 Å². The van der Waals surface area contributed by atoms with Crippen LogP contribution in [0.3, 0.4) is 0 Å². The molecule has 3 rings (SSSR count). The van der Waals surface area contributed by atoms with E-state index in [4.69, 9.17) is 4.74 Å². The summed E-state index contributed by atoms with van der Waals surface area (Å²) in [6.07, 6.45) is 7.76. The molecule has 2 heterocycles. The van der Waals surface area contributed by atoms with E-state index in [0.29, 0.717) is 11.8 Å². The van der Waals surface area contributed by atoms with Gasteiger partial charge in [-0.05, 0) is 68.7 Å². The second-order valence-corrected chi connectivity index (χ2v) is 7.76. The lowest BCUT2D eigenvalue weighted by atomic mass is 9.99. The van der Waals surface area contributed by atoms with Crippen molar-refractivity contribution in [1.82, 2.24) is 15.0 Å². The highest BCUT2D eigenvalue weighted by Crippen LogP contribution is 2.32. The Kier molecular flexibility index (Phi) is 7.33. The monoisotopic (exact) mass is 405 g/mol. The summed E-state index contributed by atoms with van der Waals surface area (Å²) in [5.41, 5.74) is 3.44. The molecule has 158 valence electrons. The normalized spacial score (nSPS) is 13.1. The van der Waals surface area contributed by atoms with Gasteiger partial charge in [0.2, 0.25) is 5.88 Å². The van der Waals surface area contributed by atoms with E-state index in [1.807, 2.05) is 31.2 Å². The third-order valence-corrected chi connectivity index (χ3v) is 5.54. The van der Waals surface area contributed by atoms with Crippen molar-refractivity contribution in [3.05, 3.63) is 42.4 Å². The molecule has 0 amide bonds. The van der Waals surface area contributed by atoms with Gasteiger partial charge in [0, 0.05) is 11.6 Å². The van der Waals surface area contributed by atoms with Gasteiger partial charge in [0.1, 0.15) is 23.9 Å². The summed E-state index contributed by atoms with van der Waals surface area (Å²) < 4.78 is 6.30. The summed E-state index contributed by atoms with van der Waals surface area (Å²) in [4.78, 5) is 17.4. The Hall–Kier alpha value is -3.02. The third kappa shape index (κ3) is 5.12. The molecule has 2 aromatic heterocycles. The molecule has 0 saturated heterocycles. The average molecular weight is 406 g/mol. The fourth-order valence-electron chi connectivity index (χ4n) is 3.45. The van der Waals surface area contributed by atoms with E-state index in [2.05, 4.69) is 52.7 Å². The number of hydrogen-bond donors (Lipinski definition) is 1. The molecular formula is C24H31N5O. The van der Waals surface area contributed by atoms with Crippen molar-refractivity contribution in [2.24, 2.45) is 10.9 Å².